The van der Waals surface area contributed by atoms with Crippen LogP contribution in [0.3, 0.4) is 0 Å². The van der Waals surface area contributed by atoms with Gasteiger partial charge in [0.1, 0.15) is 0 Å². The highest BCUT2D eigenvalue weighted by Gasteiger charge is 2.41. The van der Waals surface area contributed by atoms with Gasteiger partial charge in [-0.3, -0.25) is 9.59 Å². The Morgan fingerprint density at radius 1 is 1.29 bits per heavy atom. The van der Waals surface area contributed by atoms with Crippen molar-refractivity contribution in [1.29, 1.82) is 0 Å². The molecular weight excluding hydrogens is 272 g/mol. The highest BCUT2D eigenvalue weighted by atomic mass is 16.5. The van der Waals surface area contributed by atoms with E-state index in [1.54, 1.807) is 31.2 Å². The number of carbonyl (C=O) groups excluding carboxylic acids is 3. The van der Waals surface area contributed by atoms with Crippen molar-refractivity contribution >= 4 is 23.5 Å². The fourth-order valence-electron chi connectivity index (χ4n) is 2.36. The lowest BCUT2D eigenvalue weighted by Crippen LogP contribution is -2.91. The van der Waals surface area contributed by atoms with E-state index in [-0.39, 0.29) is 24.3 Å². The Morgan fingerprint density at radius 3 is 2.52 bits per heavy atom. The van der Waals surface area contributed by atoms with Gasteiger partial charge in [0.05, 0.1) is 30.8 Å². The van der Waals surface area contributed by atoms with E-state index in [4.69, 9.17) is 4.74 Å². The smallest absolute Gasteiger partial charge is 0.338 e. The van der Waals surface area contributed by atoms with Crippen LogP contribution in [-0.2, 0) is 14.3 Å². The molecule has 0 unspecified atom stereocenters. The summed E-state index contributed by atoms with van der Waals surface area (Å²) in [5.74, 6) is -0.829. The molecule has 6 nitrogen and oxygen atoms in total. The third-order valence-corrected chi connectivity index (χ3v) is 3.34. The number of anilines is 1. The van der Waals surface area contributed by atoms with Crippen molar-refractivity contribution in [2.24, 2.45) is 0 Å². The molecule has 1 aromatic rings. The van der Waals surface area contributed by atoms with Crippen molar-refractivity contribution in [1.82, 2.24) is 0 Å². The predicted molar refractivity (Wildman–Crippen MR) is 75.8 cm³/mol. The van der Waals surface area contributed by atoms with Gasteiger partial charge in [0.2, 0.25) is 5.91 Å². The molecule has 1 heterocycles. The van der Waals surface area contributed by atoms with E-state index < -0.39 is 5.97 Å². The van der Waals surface area contributed by atoms with E-state index in [0.29, 0.717) is 17.9 Å². The Labute approximate surface area is 123 Å². The maximum absolute atomic E-state index is 12.2. The molecule has 1 aromatic carbocycles. The van der Waals surface area contributed by atoms with Gasteiger partial charge >= 0.3 is 5.97 Å². The molecule has 1 fully saturated rings. The Hall–Kier alpha value is -2.21. The number of benzene rings is 1. The highest BCUT2D eigenvalue weighted by molar-refractivity contribution is 6.21. The molecule has 0 bridgehead atoms. The van der Waals surface area contributed by atoms with Gasteiger partial charge in [-0.2, -0.15) is 0 Å². The number of esters is 1. The fourth-order valence-corrected chi connectivity index (χ4v) is 2.36. The Morgan fingerprint density at radius 2 is 1.95 bits per heavy atom. The largest absolute Gasteiger partial charge is 0.462 e. The number of amides is 2. The van der Waals surface area contributed by atoms with Crippen LogP contribution in [0, 0.1) is 0 Å². The van der Waals surface area contributed by atoms with E-state index in [0.717, 1.165) is 6.54 Å². The minimum Gasteiger partial charge on any atom is -0.462 e. The molecule has 0 spiro atoms. The molecular formula is C15H19N2O4+. The van der Waals surface area contributed by atoms with Crippen molar-refractivity contribution in [3.05, 3.63) is 29.8 Å². The van der Waals surface area contributed by atoms with Gasteiger partial charge in [0.15, 0.2) is 6.04 Å². The number of nitrogens with zero attached hydrogens (tertiary/aromatic N) is 1. The van der Waals surface area contributed by atoms with Crippen LogP contribution in [-0.4, -0.2) is 37.0 Å². The summed E-state index contributed by atoms with van der Waals surface area (Å²) in [6.45, 7) is 4.73. The van der Waals surface area contributed by atoms with Crippen LogP contribution in [0.2, 0.25) is 0 Å². The molecule has 1 aliphatic rings. The van der Waals surface area contributed by atoms with E-state index in [1.807, 2.05) is 12.2 Å². The van der Waals surface area contributed by atoms with Gasteiger partial charge in [-0.05, 0) is 38.1 Å². The number of quaternary nitrogens is 1. The number of ether oxygens (including phenoxy) is 1. The van der Waals surface area contributed by atoms with E-state index >= 15 is 0 Å². The number of carbonyl (C=O) groups is 3. The maximum atomic E-state index is 12.2. The van der Waals surface area contributed by atoms with Gasteiger partial charge in [0, 0.05) is 0 Å². The molecule has 0 aromatic heterocycles. The number of likely N-dealkylation sites (N-methyl/N-ethyl adjacent to an activating group) is 1. The number of nitrogens with two attached hydrogens (primary N) is 1. The topological polar surface area (TPSA) is 80.3 Å². The van der Waals surface area contributed by atoms with Gasteiger partial charge < -0.3 is 10.1 Å². The Kier molecular flexibility index (Phi) is 4.70. The number of rotatable bonds is 5. The summed E-state index contributed by atoms with van der Waals surface area (Å²) in [6, 6.07) is 5.97. The number of imide groups is 1. The van der Waals surface area contributed by atoms with Gasteiger partial charge in [-0.15, -0.1) is 0 Å². The average Bonchev–Trinajstić information content (AvgIpc) is 2.74. The predicted octanol–water partition coefficient (Wildman–Crippen LogP) is 0.0785. The number of hydrogen-bond donors (Lipinski definition) is 1. The molecule has 0 saturated carbocycles. The summed E-state index contributed by atoms with van der Waals surface area (Å²) in [6.07, 6.45) is 0.215. The lowest BCUT2D eigenvalue weighted by Gasteiger charge is -2.14. The molecule has 2 N–H and O–H groups in total. The first-order chi connectivity index (χ1) is 10.1. The van der Waals surface area contributed by atoms with Crippen LogP contribution in [0.25, 0.3) is 0 Å². The summed E-state index contributed by atoms with van der Waals surface area (Å²) in [5.41, 5.74) is 0.890. The number of hydrogen-bond acceptors (Lipinski definition) is 4. The standard InChI is InChI=1S/C15H18N2O4/c1-3-16-12-9-13(18)17(14(12)19)11-7-5-10(6-8-11)15(20)21-4-2/h5-8,12,16H,3-4,9H2,1-2H3/p+1/t12-/m1/s1. The van der Waals surface area contributed by atoms with Crippen molar-refractivity contribution < 1.29 is 24.4 Å². The normalized spacial score (nSPS) is 18.2. The maximum Gasteiger partial charge on any atom is 0.338 e. The second-order valence-electron chi connectivity index (χ2n) is 4.79. The van der Waals surface area contributed by atoms with Gasteiger partial charge in [-0.25, -0.2) is 9.69 Å². The monoisotopic (exact) mass is 291 g/mol. The third kappa shape index (κ3) is 3.11. The summed E-state index contributed by atoms with van der Waals surface area (Å²) < 4.78 is 4.89. The van der Waals surface area contributed by atoms with Crippen LogP contribution in [0.15, 0.2) is 24.3 Å². The molecule has 1 aliphatic heterocycles. The van der Waals surface area contributed by atoms with Crippen LogP contribution < -0.4 is 10.2 Å². The molecule has 112 valence electrons. The fraction of sp³-hybridized carbons (Fsp3) is 0.400. The highest BCUT2D eigenvalue weighted by Crippen LogP contribution is 2.22. The zero-order valence-electron chi connectivity index (χ0n) is 12.2. The first kappa shape index (κ1) is 15.2. The second-order valence-corrected chi connectivity index (χ2v) is 4.79. The molecule has 0 aliphatic carbocycles. The van der Waals surface area contributed by atoms with Crippen LogP contribution >= 0.6 is 0 Å². The summed E-state index contributed by atoms with van der Waals surface area (Å²) in [4.78, 5) is 36.9. The minimum absolute atomic E-state index is 0.203. The zero-order valence-corrected chi connectivity index (χ0v) is 12.2. The van der Waals surface area contributed by atoms with Gasteiger partial charge in [-0.1, -0.05) is 0 Å². The van der Waals surface area contributed by atoms with Crippen LogP contribution in [0.1, 0.15) is 30.6 Å². The van der Waals surface area contributed by atoms with E-state index in [2.05, 4.69) is 0 Å². The zero-order chi connectivity index (χ0) is 15.4. The quantitative estimate of drug-likeness (QED) is 0.615. The molecule has 6 heteroatoms. The summed E-state index contributed by atoms with van der Waals surface area (Å²) >= 11 is 0. The Balaban J connectivity index is 2.17. The van der Waals surface area contributed by atoms with Crippen molar-refractivity contribution in [3.63, 3.8) is 0 Å². The molecule has 1 saturated heterocycles. The van der Waals surface area contributed by atoms with Crippen LogP contribution in [0.4, 0.5) is 5.69 Å². The lowest BCUT2D eigenvalue weighted by molar-refractivity contribution is -0.671. The van der Waals surface area contributed by atoms with Crippen molar-refractivity contribution in [3.8, 4) is 0 Å². The molecule has 21 heavy (non-hydrogen) atoms. The first-order valence-corrected chi connectivity index (χ1v) is 7.05. The SMILES string of the molecule is CC[NH2+][C@@H]1CC(=O)N(c2ccc(C(=O)OCC)cc2)C1=O. The van der Waals surface area contributed by atoms with Crippen molar-refractivity contribution in [2.45, 2.75) is 26.3 Å². The molecule has 2 rings (SSSR count). The molecule has 2 amide bonds. The first-order valence-electron chi connectivity index (χ1n) is 7.05. The van der Waals surface area contributed by atoms with Crippen LogP contribution in [0.5, 0.6) is 0 Å². The third-order valence-electron chi connectivity index (χ3n) is 3.34. The van der Waals surface area contributed by atoms with Gasteiger partial charge in [0.25, 0.3) is 5.91 Å². The van der Waals surface area contributed by atoms with E-state index in [1.165, 1.54) is 4.90 Å². The second kappa shape index (κ2) is 6.49. The summed E-state index contributed by atoms with van der Waals surface area (Å²) in [5, 5.41) is 1.85. The minimum atomic E-state index is -0.416. The summed E-state index contributed by atoms with van der Waals surface area (Å²) in [7, 11) is 0. The lowest BCUT2D eigenvalue weighted by atomic mass is 10.2. The van der Waals surface area contributed by atoms with Crippen molar-refractivity contribution in [2.75, 3.05) is 18.1 Å². The van der Waals surface area contributed by atoms with E-state index in [9.17, 15) is 14.4 Å². The average molecular weight is 291 g/mol. The molecule has 0 radical (unpaired) electrons. The molecule has 1 atom stereocenters. The Bertz CT molecular complexity index is 553.